The zero-order valence-corrected chi connectivity index (χ0v) is 13.0. The minimum atomic E-state index is -0.413. The Morgan fingerprint density at radius 1 is 1.30 bits per heavy atom. The number of nitrogens with zero attached hydrogens (tertiary/aromatic N) is 2. The second-order valence-corrected chi connectivity index (χ2v) is 5.94. The van der Waals surface area contributed by atoms with E-state index in [1.165, 1.54) is 12.3 Å². The Balaban J connectivity index is 1.66. The Morgan fingerprint density at radius 3 is 2.78 bits per heavy atom. The standard InChI is InChI=1S/C16H13FN4OS/c1-10-2-4-11(5-3-10)13-8-14(20-19-13)16(22)21-18-9-12-6-7-15(17)23-12/h2-9H,1H3,(H,19,20)(H,21,22). The molecule has 1 amide bonds. The van der Waals surface area contributed by atoms with Crippen LogP contribution in [0.4, 0.5) is 4.39 Å². The molecule has 0 unspecified atom stereocenters. The normalized spacial score (nSPS) is 11.0. The van der Waals surface area contributed by atoms with Crippen molar-refractivity contribution in [2.24, 2.45) is 5.10 Å². The topological polar surface area (TPSA) is 70.1 Å². The SMILES string of the molecule is Cc1ccc(-c2cc(C(=O)NN=Cc3ccc(F)s3)[nH]n2)cc1. The number of aryl methyl sites for hydroxylation is 1. The number of amides is 1. The molecule has 2 aromatic heterocycles. The number of rotatable bonds is 4. The molecule has 116 valence electrons. The first-order valence-corrected chi connectivity index (χ1v) is 7.64. The number of H-pyrrole nitrogens is 1. The minimum absolute atomic E-state index is 0.297. The first kappa shape index (κ1) is 15.1. The molecule has 3 rings (SSSR count). The Labute approximate surface area is 135 Å². The van der Waals surface area contributed by atoms with E-state index in [0.717, 1.165) is 22.5 Å². The predicted molar refractivity (Wildman–Crippen MR) is 88.1 cm³/mol. The molecule has 0 saturated carbocycles. The zero-order valence-electron chi connectivity index (χ0n) is 12.2. The highest BCUT2D eigenvalue weighted by Gasteiger charge is 2.10. The summed E-state index contributed by atoms with van der Waals surface area (Å²) in [5.41, 5.74) is 5.43. The number of hydrogen-bond acceptors (Lipinski definition) is 4. The number of thiophene rings is 1. The fraction of sp³-hybridized carbons (Fsp3) is 0.0625. The molecule has 0 bridgehead atoms. The largest absolute Gasteiger partial charge is 0.289 e. The van der Waals surface area contributed by atoms with Crippen LogP contribution in [-0.2, 0) is 0 Å². The van der Waals surface area contributed by atoms with Crippen molar-refractivity contribution in [3.05, 3.63) is 63.7 Å². The minimum Gasteiger partial charge on any atom is -0.272 e. The van der Waals surface area contributed by atoms with E-state index in [1.807, 2.05) is 31.2 Å². The average molecular weight is 328 g/mol. The van der Waals surface area contributed by atoms with Crippen molar-refractivity contribution in [3.8, 4) is 11.3 Å². The number of aromatic nitrogens is 2. The fourth-order valence-corrected chi connectivity index (χ4v) is 2.53. The summed E-state index contributed by atoms with van der Waals surface area (Å²) in [4.78, 5) is 12.6. The van der Waals surface area contributed by atoms with E-state index >= 15 is 0 Å². The van der Waals surface area contributed by atoms with Gasteiger partial charge in [-0.3, -0.25) is 9.89 Å². The van der Waals surface area contributed by atoms with Crippen molar-refractivity contribution < 1.29 is 9.18 Å². The molecular formula is C16H13FN4OS. The third kappa shape index (κ3) is 3.70. The molecule has 2 N–H and O–H groups in total. The second kappa shape index (κ2) is 6.53. The number of benzene rings is 1. The molecule has 0 atom stereocenters. The van der Waals surface area contributed by atoms with Gasteiger partial charge in [-0.15, -0.1) is 11.3 Å². The summed E-state index contributed by atoms with van der Waals surface area (Å²) in [7, 11) is 0. The summed E-state index contributed by atoms with van der Waals surface area (Å²) >= 11 is 0.950. The first-order chi connectivity index (χ1) is 11.1. The van der Waals surface area contributed by atoms with Gasteiger partial charge < -0.3 is 0 Å². The highest BCUT2D eigenvalue weighted by molar-refractivity contribution is 7.12. The molecule has 0 spiro atoms. The number of nitrogens with one attached hydrogen (secondary N) is 2. The molecule has 2 heterocycles. The summed E-state index contributed by atoms with van der Waals surface area (Å²) < 4.78 is 12.8. The van der Waals surface area contributed by atoms with Gasteiger partial charge in [-0.1, -0.05) is 29.8 Å². The third-order valence-corrected chi connectivity index (χ3v) is 3.93. The molecule has 0 aliphatic heterocycles. The van der Waals surface area contributed by atoms with Gasteiger partial charge in [0.1, 0.15) is 5.69 Å². The van der Waals surface area contributed by atoms with Gasteiger partial charge in [0.05, 0.1) is 16.8 Å². The lowest BCUT2D eigenvalue weighted by Crippen LogP contribution is -2.17. The monoisotopic (exact) mass is 328 g/mol. The van der Waals surface area contributed by atoms with E-state index in [9.17, 15) is 9.18 Å². The number of hydrogen-bond donors (Lipinski definition) is 2. The smallest absolute Gasteiger partial charge is 0.272 e. The lowest BCUT2D eigenvalue weighted by Gasteiger charge is -1.96. The maximum absolute atomic E-state index is 12.8. The number of aromatic amines is 1. The number of carbonyl (C=O) groups excluding carboxylic acids is 1. The maximum Gasteiger partial charge on any atom is 0.289 e. The van der Waals surface area contributed by atoms with Crippen LogP contribution >= 0.6 is 11.3 Å². The molecule has 0 aliphatic carbocycles. The van der Waals surface area contributed by atoms with Crippen LogP contribution in [0.1, 0.15) is 20.9 Å². The molecule has 3 aromatic rings. The van der Waals surface area contributed by atoms with Crippen LogP contribution in [0.2, 0.25) is 0 Å². The van der Waals surface area contributed by atoms with E-state index in [1.54, 1.807) is 12.1 Å². The second-order valence-electron chi connectivity index (χ2n) is 4.87. The van der Waals surface area contributed by atoms with Crippen LogP contribution in [0.25, 0.3) is 11.3 Å². The molecule has 1 aromatic carbocycles. The van der Waals surface area contributed by atoms with Crippen molar-refractivity contribution in [2.45, 2.75) is 6.92 Å². The van der Waals surface area contributed by atoms with Crippen LogP contribution in [0, 0.1) is 12.1 Å². The molecule has 23 heavy (non-hydrogen) atoms. The average Bonchev–Trinajstić information content (AvgIpc) is 3.17. The molecule has 7 heteroatoms. The predicted octanol–water partition coefficient (Wildman–Crippen LogP) is 3.35. The molecule has 0 fully saturated rings. The van der Waals surface area contributed by atoms with Gasteiger partial charge in [0.25, 0.3) is 5.91 Å². The van der Waals surface area contributed by atoms with Crippen molar-refractivity contribution in [3.63, 3.8) is 0 Å². The Morgan fingerprint density at radius 2 is 2.09 bits per heavy atom. The van der Waals surface area contributed by atoms with Crippen molar-refractivity contribution >= 4 is 23.5 Å². The fourth-order valence-electron chi connectivity index (χ4n) is 1.92. The molecule has 0 saturated heterocycles. The zero-order chi connectivity index (χ0) is 16.2. The number of carbonyl (C=O) groups is 1. The highest BCUT2D eigenvalue weighted by atomic mass is 32.1. The van der Waals surface area contributed by atoms with Crippen LogP contribution in [0.15, 0.2) is 47.6 Å². The van der Waals surface area contributed by atoms with Gasteiger partial charge in [0.2, 0.25) is 0 Å². The maximum atomic E-state index is 12.8. The summed E-state index contributed by atoms with van der Waals surface area (Å²) in [6, 6.07) is 12.4. The van der Waals surface area contributed by atoms with E-state index in [-0.39, 0.29) is 5.13 Å². The van der Waals surface area contributed by atoms with E-state index in [2.05, 4.69) is 20.7 Å². The molecule has 0 radical (unpaired) electrons. The number of halogens is 1. The summed E-state index contributed by atoms with van der Waals surface area (Å²) in [5.74, 6) is -0.413. The lowest BCUT2D eigenvalue weighted by molar-refractivity contribution is 0.0950. The van der Waals surface area contributed by atoms with Gasteiger partial charge in [-0.05, 0) is 25.1 Å². The van der Waals surface area contributed by atoms with Crippen molar-refractivity contribution in [2.75, 3.05) is 0 Å². The molecular weight excluding hydrogens is 315 g/mol. The van der Waals surface area contributed by atoms with Crippen LogP contribution in [-0.4, -0.2) is 22.3 Å². The Hall–Kier alpha value is -2.80. The number of hydrazone groups is 1. The third-order valence-electron chi connectivity index (χ3n) is 3.12. The van der Waals surface area contributed by atoms with E-state index < -0.39 is 5.91 Å². The van der Waals surface area contributed by atoms with E-state index in [0.29, 0.717) is 16.3 Å². The Kier molecular flexibility index (Phi) is 4.29. The van der Waals surface area contributed by atoms with Gasteiger partial charge >= 0.3 is 0 Å². The van der Waals surface area contributed by atoms with Gasteiger partial charge in [-0.2, -0.15) is 14.6 Å². The quantitative estimate of drug-likeness (QED) is 0.569. The van der Waals surface area contributed by atoms with Crippen molar-refractivity contribution in [1.82, 2.24) is 15.6 Å². The van der Waals surface area contributed by atoms with Crippen molar-refractivity contribution in [1.29, 1.82) is 0 Å². The first-order valence-electron chi connectivity index (χ1n) is 6.83. The van der Waals surface area contributed by atoms with Crippen LogP contribution < -0.4 is 5.43 Å². The van der Waals surface area contributed by atoms with Gasteiger partial charge in [0, 0.05) is 5.56 Å². The molecule has 0 aliphatic rings. The summed E-state index contributed by atoms with van der Waals surface area (Å²) in [6.45, 7) is 2.00. The van der Waals surface area contributed by atoms with Gasteiger partial charge in [-0.25, -0.2) is 5.43 Å². The van der Waals surface area contributed by atoms with E-state index in [4.69, 9.17) is 0 Å². The molecule has 5 nitrogen and oxygen atoms in total. The van der Waals surface area contributed by atoms with Gasteiger partial charge in [0.15, 0.2) is 5.13 Å². The lowest BCUT2D eigenvalue weighted by atomic mass is 10.1. The summed E-state index contributed by atoms with van der Waals surface area (Å²) in [5, 5.41) is 10.3. The van der Waals surface area contributed by atoms with Crippen LogP contribution in [0.5, 0.6) is 0 Å². The highest BCUT2D eigenvalue weighted by Crippen LogP contribution is 2.18. The summed E-state index contributed by atoms with van der Waals surface area (Å²) in [6.07, 6.45) is 1.39. The Bertz CT molecular complexity index is 851. The van der Waals surface area contributed by atoms with Crippen LogP contribution in [0.3, 0.4) is 0 Å².